The van der Waals surface area contributed by atoms with Gasteiger partial charge >= 0.3 is 0 Å². The Morgan fingerprint density at radius 3 is 2.52 bits per heavy atom. The minimum absolute atomic E-state index is 0.294. The maximum atomic E-state index is 14.8. The molecule has 5 rings (SSSR count). The highest BCUT2D eigenvalue weighted by atomic mass is 79.9. The summed E-state index contributed by atoms with van der Waals surface area (Å²) in [6, 6.07) is 21.5. The highest BCUT2D eigenvalue weighted by Crippen LogP contribution is 2.36. The number of hydrogen-bond acceptors (Lipinski definition) is 3. The smallest absolute Gasteiger partial charge is 0.261 e. The van der Waals surface area contributed by atoms with Crippen LogP contribution in [-0.2, 0) is 0 Å². The lowest BCUT2D eigenvalue weighted by molar-refractivity contribution is 0.102. The summed E-state index contributed by atoms with van der Waals surface area (Å²) in [5.41, 5.74) is 4.33. The molecule has 1 amide bonds. The number of anilines is 2. The van der Waals surface area contributed by atoms with Crippen LogP contribution in [0.1, 0.15) is 33.1 Å². The molecule has 7 heteroatoms. The molecule has 0 spiro atoms. The molecular formula is C26H20BrFN4O. The Kier molecular flexibility index (Phi) is 5.56. The van der Waals surface area contributed by atoms with Crippen molar-refractivity contribution < 1.29 is 9.18 Å². The van der Waals surface area contributed by atoms with E-state index in [1.165, 1.54) is 12.3 Å². The van der Waals surface area contributed by atoms with Crippen molar-refractivity contribution in [2.24, 2.45) is 0 Å². The van der Waals surface area contributed by atoms with Gasteiger partial charge in [0.2, 0.25) is 0 Å². The minimum Gasteiger partial charge on any atom is -0.339 e. The van der Waals surface area contributed by atoms with E-state index >= 15 is 0 Å². The Bertz CT molecular complexity index is 1360. The molecule has 2 N–H and O–H groups in total. The van der Waals surface area contributed by atoms with Crippen molar-refractivity contribution in [3.63, 3.8) is 0 Å². The number of nitrogens with zero attached hydrogens (tertiary/aromatic N) is 2. The van der Waals surface area contributed by atoms with Crippen molar-refractivity contribution in [3.05, 3.63) is 118 Å². The third-order valence-electron chi connectivity index (χ3n) is 5.57. The van der Waals surface area contributed by atoms with Crippen LogP contribution in [0.5, 0.6) is 0 Å². The number of amides is 1. The van der Waals surface area contributed by atoms with Gasteiger partial charge in [-0.15, -0.1) is 0 Å². The van der Waals surface area contributed by atoms with Gasteiger partial charge in [0.25, 0.3) is 5.91 Å². The quantitative estimate of drug-likeness (QED) is 0.339. The number of aromatic nitrogens is 2. The molecule has 1 aliphatic rings. The molecule has 0 saturated carbocycles. The van der Waals surface area contributed by atoms with Crippen LogP contribution in [-0.4, -0.2) is 15.7 Å². The zero-order valence-electron chi connectivity index (χ0n) is 17.7. The van der Waals surface area contributed by atoms with Crippen LogP contribution in [0.15, 0.2) is 89.5 Å². The number of halogens is 2. The Hall–Kier alpha value is -3.71. The molecule has 0 bridgehead atoms. The van der Waals surface area contributed by atoms with E-state index in [1.807, 2.05) is 61.5 Å². The molecule has 0 saturated heterocycles. The van der Waals surface area contributed by atoms with Crippen LogP contribution < -0.4 is 10.6 Å². The highest BCUT2D eigenvalue weighted by molar-refractivity contribution is 9.10. The third-order valence-corrected chi connectivity index (χ3v) is 6.10. The molecule has 5 nitrogen and oxygen atoms in total. The van der Waals surface area contributed by atoms with E-state index in [0.29, 0.717) is 22.6 Å². The molecule has 1 atom stereocenters. The molecular weight excluding hydrogens is 483 g/mol. The van der Waals surface area contributed by atoms with E-state index < -0.39 is 6.04 Å². The Balaban J connectivity index is 1.56. The average molecular weight is 503 g/mol. The summed E-state index contributed by atoms with van der Waals surface area (Å²) in [4.78, 5) is 13.1. The van der Waals surface area contributed by atoms with Crippen molar-refractivity contribution in [1.29, 1.82) is 0 Å². The number of benzene rings is 3. The topological polar surface area (TPSA) is 59.0 Å². The largest absolute Gasteiger partial charge is 0.339 e. The zero-order chi connectivity index (χ0) is 22.9. The van der Waals surface area contributed by atoms with Crippen LogP contribution in [0.3, 0.4) is 0 Å². The molecule has 0 aliphatic carbocycles. The molecule has 164 valence electrons. The van der Waals surface area contributed by atoms with Crippen LogP contribution >= 0.6 is 15.9 Å². The lowest BCUT2D eigenvalue weighted by Gasteiger charge is -2.26. The van der Waals surface area contributed by atoms with E-state index in [-0.39, 0.29) is 11.7 Å². The standard InChI is InChI=1S/C26H20BrFN4O/c1-16-6-12-19(13-7-16)30-26(33)21-15-29-32-24(20-4-2-3-5-22(20)28)14-23(31-25(21)32)17-8-10-18(27)11-9-17/h2-15,24,31H,1H3,(H,30,33)/t24-/m1/s1. The van der Waals surface area contributed by atoms with Gasteiger partial charge < -0.3 is 10.6 Å². The van der Waals surface area contributed by atoms with Crippen molar-refractivity contribution in [2.45, 2.75) is 13.0 Å². The van der Waals surface area contributed by atoms with Gasteiger partial charge in [0.05, 0.1) is 6.20 Å². The first kappa shape index (κ1) is 21.2. The molecule has 3 aromatic carbocycles. The Morgan fingerprint density at radius 2 is 1.79 bits per heavy atom. The zero-order valence-corrected chi connectivity index (χ0v) is 19.3. The number of fused-ring (bicyclic) bond motifs is 1. The molecule has 4 aromatic rings. The maximum Gasteiger partial charge on any atom is 0.261 e. The van der Waals surface area contributed by atoms with Gasteiger partial charge in [0.1, 0.15) is 23.2 Å². The lowest BCUT2D eigenvalue weighted by Crippen LogP contribution is -2.22. The molecule has 2 heterocycles. The van der Waals surface area contributed by atoms with Gasteiger partial charge in [-0.25, -0.2) is 9.07 Å². The van der Waals surface area contributed by atoms with Crippen LogP contribution in [0, 0.1) is 12.7 Å². The highest BCUT2D eigenvalue weighted by Gasteiger charge is 2.29. The first-order valence-electron chi connectivity index (χ1n) is 10.4. The molecule has 1 aliphatic heterocycles. The minimum atomic E-state index is -0.512. The Labute approximate surface area is 199 Å². The van der Waals surface area contributed by atoms with E-state index in [2.05, 4.69) is 31.7 Å². The number of allylic oxidation sites excluding steroid dienone is 1. The van der Waals surface area contributed by atoms with Crippen LogP contribution in [0.25, 0.3) is 5.70 Å². The van der Waals surface area contributed by atoms with Gasteiger partial charge in [0, 0.05) is 21.4 Å². The number of carbonyl (C=O) groups excluding carboxylic acids is 1. The summed E-state index contributed by atoms with van der Waals surface area (Å²) in [6.45, 7) is 1.99. The maximum absolute atomic E-state index is 14.8. The second-order valence-corrected chi connectivity index (χ2v) is 8.77. The average Bonchev–Trinajstić information content (AvgIpc) is 3.25. The monoisotopic (exact) mass is 502 g/mol. The van der Waals surface area contributed by atoms with Gasteiger partial charge in [-0.05, 0) is 48.9 Å². The second kappa shape index (κ2) is 8.67. The first-order valence-corrected chi connectivity index (χ1v) is 11.2. The summed E-state index contributed by atoms with van der Waals surface area (Å²) in [5.74, 6) is -0.117. The van der Waals surface area contributed by atoms with Crippen molar-refractivity contribution >= 4 is 39.0 Å². The fourth-order valence-corrected chi connectivity index (χ4v) is 4.10. The number of carbonyl (C=O) groups is 1. The van der Waals surface area contributed by atoms with E-state index in [1.54, 1.807) is 22.9 Å². The van der Waals surface area contributed by atoms with Gasteiger partial charge in [-0.2, -0.15) is 5.10 Å². The predicted octanol–water partition coefficient (Wildman–Crippen LogP) is 6.40. The first-order chi connectivity index (χ1) is 16.0. The van der Waals surface area contributed by atoms with Crippen LogP contribution in [0.2, 0.25) is 0 Å². The number of rotatable bonds is 4. The predicted molar refractivity (Wildman–Crippen MR) is 132 cm³/mol. The second-order valence-electron chi connectivity index (χ2n) is 7.85. The van der Waals surface area contributed by atoms with Gasteiger partial charge in [-0.1, -0.05) is 64.0 Å². The summed E-state index contributed by atoms with van der Waals surface area (Å²) in [6.07, 6.45) is 3.43. The van der Waals surface area contributed by atoms with E-state index in [0.717, 1.165) is 21.3 Å². The summed E-state index contributed by atoms with van der Waals surface area (Å²) in [7, 11) is 0. The summed E-state index contributed by atoms with van der Waals surface area (Å²) >= 11 is 3.46. The van der Waals surface area contributed by atoms with Crippen molar-refractivity contribution in [1.82, 2.24) is 9.78 Å². The molecule has 0 unspecified atom stereocenters. The van der Waals surface area contributed by atoms with Gasteiger partial charge in [0.15, 0.2) is 0 Å². The van der Waals surface area contributed by atoms with Crippen molar-refractivity contribution in [3.8, 4) is 0 Å². The summed E-state index contributed by atoms with van der Waals surface area (Å²) in [5, 5.41) is 10.7. The SMILES string of the molecule is Cc1ccc(NC(=O)c2cnn3c2NC(c2ccc(Br)cc2)=C[C@@H]3c2ccccc2F)cc1. The fourth-order valence-electron chi connectivity index (χ4n) is 3.83. The normalized spacial score (nSPS) is 14.8. The number of hydrogen-bond donors (Lipinski definition) is 2. The lowest BCUT2D eigenvalue weighted by atomic mass is 10.0. The molecule has 0 fully saturated rings. The molecule has 33 heavy (non-hydrogen) atoms. The van der Waals surface area contributed by atoms with E-state index in [4.69, 9.17) is 0 Å². The number of aryl methyl sites for hydroxylation is 1. The van der Waals surface area contributed by atoms with Crippen molar-refractivity contribution in [2.75, 3.05) is 10.6 Å². The van der Waals surface area contributed by atoms with Gasteiger partial charge in [-0.3, -0.25) is 4.79 Å². The molecule has 0 radical (unpaired) electrons. The van der Waals surface area contributed by atoms with Crippen LogP contribution in [0.4, 0.5) is 15.9 Å². The summed E-state index contributed by atoms with van der Waals surface area (Å²) < 4.78 is 17.4. The Morgan fingerprint density at radius 1 is 1.06 bits per heavy atom. The van der Waals surface area contributed by atoms with E-state index in [9.17, 15) is 9.18 Å². The third kappa shape index (κ3) is 4.19. The number of nitrogens with one attached hydrogen (secondary N) is 2. The molecule has 1 aromatic heterocycles. The fraction of sp³-hybridized carbons (Fsp3) is 0.0769.